The van der Waals surface area contributed by atoms with Gasteiger partial charge in [0.25, 0.3) is 0 Å². The van der Waals surface area contributed by atoms with Crippen molar-refractivity contribution in [3.63, 3.8) is 0 Å². The molecule has 1 unspecified atom stereocenters. The highest BCUT2D eigenvalue weighted by atomic mass is 16.7. The molecule has 1 fully saturated rings. The number of nitrogens with zero attached hydrogens (tertiary/aromatic N) is 2. The zero-order valence-corrected chi connectivity index (χ0v) is 12.1. The molecule has 1 aromatic rings. The molecule has 1 aliphatic rings. The molecule has 6 heteroatoms. The van der Waals surface area contributed by atoms with E-state index in [1.807, 2.05) is 24.3 Å². The van der Waals surface area contributed by atoms with Gasteiger partial charge in [-0.05, 0) is 37.0 Å². The van der Waals surface area contributed by atoms with E-state index >= 15 is 0 Å². The van der Waals surface area contributed by atoms with Crippen molar-refractivity contribution in [3.05, 3.63) is 29.8 Å². The van der Waals surface area contributed by atoms with Gasteiger partial charge in [0.1, 0.15) is 5.71 Å². The van der Waals surface area contributed by atoms with Crippen molar-refractivity contribution in [2.24, 2.45) is 21.7 Å². The zero-order chi connectivity index (χ0) is 14.9. The first-order chi connectivity index (χ1) is 10.3. The summed E-state index contributed by atoms with van der Waals surface area (Å²) >= 11 is 0. The van der Waals surface area contributed by atoms with E-state index in [2.05, 4.69) is 10.1 Å². The van der Waals surface area contributed by atoms with E-state index in [1.54, 1.807) is 6.21 Å². The lowest BCUT2D eigenvalue weighted by Crippen LogP contribution is -2.26. The third-order valence-corrected chi connectivity index (χ3v) is 3.26. The van der Waals surface area contributed by atoms with E-state index < -0.39 is 0 Å². The van der Waals surface area contributed by atoms with Crippen molar-refractivity contribution in [3.8, 4) is 0 Å². The molecule has 0 amide bonds. The topological polar surface area (TPSA) is 95.2 Å². The molecular formula is C15H22N4O2. The summed E-state index contributed by atoms with van der Waals surface area (Å²) in [6.45, 7) is 1.57. The van der Waals surface area contributed by atoms with Gasteiger partial charge >= 0.3 is 0 Å². The summed E-state index contributed by atoms with van der Waals surface area (Å²) in [6, 6.07) is 7.69. The van der Waals surface area contributed by atoms with E-state index in [0.29, 0.717) is 18.9 Å². The lowest BCUT2D eigenvalue weighted by molar-refractivity contribution is -0.152. The molecule has 0 aliphatic carbocycles. The van der Waals surface area contributed by atoms with Crippen LogP contribution in [0.4, 0.5) is 5.69 Å². The summed E-state index contributed by atoms with van der Waals surface area (Å²) in [4.78, 5) is 4.32. The first-order valence-electron chi connectivity index (χ1n) is 7.15. The fraction of sp³-hybridized carbons (Fsp3) is 0.467. The number of rotatable bonds is 6. The van der Waals surface area contributed by atoms with E-state index in [4.69, 9.17) is 21.1 Å². The van der Waals surface area contributed by atoms with Crippen LogP contribution in [0.15, 0.2) is 34.4 Å². The molecule has 4 N–H and O–H groups in total. The van der Waals surface area contributed by atoms with Crippen molar-refractivity contribution in [1.82, 2.24) is 0 Å². The minimum atomic E-state index is -0.160. The van der Waals surface area contributed by atoms with Gasteiger partial charge in [0.2, 0.25) is 0 Å². The molecule has 1 aliphatic heterocycles. The minimum absolute atomic E-state index is 0.160. The Morgan fingerprint density at radius 1 is 1.33 bits per heavy atom. The van der Waals surface area contributed by atoms with Crippen LogP contribution >= 0.6 is 0 Å². The van der Waals surface area contributed by atoms with Crippen LogP contribution in [0.3, 0.4) is 0 Å². The fourth-order valence-electron chi connectivity index (χ4n) is 2.00. The normalized spacial score (nSPS) is 20.0. The Morgan fingerprint density at radius 2 is 2.14 bits per heavy atom. The summed E-state index contributed by atoms with van der Waals surface area (Å²) in [5.74, 6) is 5.36. The molecule has 21 heavy (non-hydrogen) atoms. The van der Waals surface area contributed by atoms with Crippen LogP contribution < -0.4 is 11.6 Å². The summed E-state index contributed by atoms with van der Waals surface area (Å²) in [5, 5.41) is 3.69. The second-order valence-electron chi connectivity index (χ2n) is 4.86. The lowest BCUT2D eigenvalue weighted by atomic mass is 10.2. The third-order valence-electron chi connectivity index (χ3n) is 3.26. The van der Waals surface area contributed by atoms with Crippen molar-refractivity contribution in [1.29, 1.82) is 0 Å². The lowest BCUT2D eigenvalue weighted by Gasteiger charge is -2.22. The predicted molar refractivity (Wildman–Crippen MR) is 83.7 cm³/mol. The van der Waals surface area contributed by atoms with Crippen LogP contribution in [0.2, 0.25) is 0 Å². The maximum absolute atomic E-state index is 5.62. The van der Waals surface area contributed by atoms with Gasteiger partial charge in [0, 0.05) is 13.2 Å². The summed E-state index contributed by atoms with van der Waals surface area (Å²) < 4.78 is 11.1. The molecule has 6 nitrogen and oxygen atoms in total. The van der Waals surface area contributed by atoms with Crippen LogP contribution in [-0.4, -0.2) is 31.4 Å². The number of hydrogen-bond donors (Lipinski definition) is 2. The van der Waals surface area contributed by atoms with Gasteiger partial charge in [-0.25, -0.2) is 0 Å². The molecule has 1 saturated heterocycles. The second kappa shape index (κ2) is 8.51. The molecule has 0 saturated carbocycles. The van der Waals surface area contributed by atoms with Gasteiger partial charge in [-0.3, -0.25) is 4.99 Å². The predicted octanol–water partition coefficient (Wildman–Crippen LogP) is 1.71. The molecule has 2 rings (SSSR count). The van der Waals surface area contributed by atoms with Crippen molar-refractivity contribution in [2.75, 3.05) is 13.2 Å². The van der Waals surface area contributed by atoms with Crippen LogP contribution in [0.1, 0.15) is 24.8 Å². The third kappa shape index (κ3) is 5.26. The molecule has 1 aromatic carbocycles. The zero-order valence-electron chi connectivity index (χ0n) is 12.1. The number of aliphatic imine (C=N–C) groups is 1. The van der Waals surface area contributed by atoms with Gasteiger partial charge in [0.05, 0.1) is 18.5 Å². The maximum Gasteiger partial charge on any atom is 0.158 e. The van der Waals surface area contributed by atoms with Crippen LogP contribution in [0.25, 0.3) is 0 Å². The Balaban J connectivity index is 1.84. The average Bonchev–Trinajstić information content (AvgIpc) is 2.56. The highest BCUT2D eigenvalue weighted by Crippen LogP contribution is 2.14. The van der Waals surface area contributed by atoms with Crippen molar-refractivity contribution < 1.29 is 9.47 Å². The molecular weight excluding hydrogens is 268 g/mol. The second-order valence-corrected chi connectivity index (χ2v) is 4.86. The smallest absolute Gasteiger partial charge is 0.158 e. The molecule has 114 valence electrons. The Kier molecular flexibility index (Phi) is 6.33. The molecule has 0 aromatic heterocycles. The number of hydrogen-bond acceptors (Lipinski definition) is 6. The number of ether oxygens (including phenoxy) is 2. The SMILES string of the molecule is NCc1ccc(N=CC(COC2CCCCO2)=NN)cc1. The van der Waals surface area contributed by atoms with Crippen molar-refractivity contribution in [2.45, 2.75) is 32.1 Å². The number of hydrazone groups is 1. The van der Waals surface area contributed by atoms with Gasteiger partial charge in [-0.2, -0.15) is 5.10 Å². The quantitative estimate of drug-likeness (QED) is 0.473. The monoisotopic (exact) mass is 290 g/mol. The maximum atomic E-state index is 5.62. The Bertz CT molecular complexity index is 479. The van der Waals surface area contributed by atoms with Crippen molar-refractivity contribution >= 4 is 17.6 Å². The Hall–Kier alpha value is -1.76. The van der Waals surface area contributed by atoms with Gasteiger partial charge < -0.3 is 21.1 Å². The van der Waals surface area contributed by atoms with E-state index in [1.165, 1.54) is 0 Å². The largest absolute Gasteiger partial charge is 0.353 e. The van der Waals surface area contributed by atoms with Crippen LogP contribution in [-0.2, 0) is 16.0 Å². The Labute approximate surface area is 124 Å². The van der Waals surface area contributed by atoms with E-state index in [9.17, 15) is 0 Å². The first kappa shape index (κ1) is 15.6. The molecule has 0 radical (unpaired) electrons. The molecule has 1 heterocycles. The van der Waals surface area contributed by atoms with Crippen LogP contribution in [0.5, 0.6) is 0 Å². The highest BCUT2D eigenvalue weighted by molar-refractivity contribution is 6.31. The summed E-state index contributed by atoms with van der Waals surface area (Å²) in [6.07, 6.45) is 4.59. The van der Waals surface area contributed by atoms with E-state index in [-0.39, 0.29) is 6.29 Å². The fourth-order valence-corrected chi connectivity index (χ4v) is 2.00. The molecule has 1 atom stereocenters. The molecule has 0 spiro atoms. The highest BCUT2D eigenvalue weighted by Gasteiger charge is 2.14. The van der Waals surface area contributed by atoms with Gasteiger partial charge in [-0.15, -0.1) is 0 Å². The first-order valence-corrected chi connectivity index (χ1v) is 7.15. The summed E-state index contributed by atoms with van der Waals surface area (Å²) in [7, 11) is 0. The number of nitrogens with two attached hydrogens (primary N) is 2. The van der Waals surface area contributed by atoms with Gasteiger partial charge in [-0.1, -0.05) is 12.1 Å². The van der Waals surface area contributed by atoms with Crippen LogP contribution in [0, 0.1) is 0 Å². The summed E-state index contributed by atoms with van der Waals surface area (Å²) in [5.41, 5.74) is 8.02. The standard InChI is InChI=1S/C15H22N4O2/c16-9-12-4-6-13(7-5-12)18-10-14(19-17)11-21-15-3-1-2-8-20-15/h4-7,10,15H,1-3,8-9,11,16-17H2. The number of benzene rings is 1. The molecule has 0 bridgehead atoms. The van der Waals surface area contributed by atoms with Gasteiger partial charge in [0.15, 0.2) is 6.29 Å². The minimum Gasteiger partial charge on any atom is -0.353 e. The average molecular weight is 290 g/mol. The van der Waals surface area contributed by atoms with E-state index in [0.717, 1.165) is 37.1 Å². The Morgan fingerprint density at radius 3 is 2.76 bits per heavy atom.